The third-order valence-corrected chi connectivity index (χ3v) is 4.37. The topological polar surface area (TPSA) is 48.4 Å². The summed E-state index contributed by atoms with van der Waals surface area (Å²) in [6, 6.07) is 15.6. The number of aromatic nitrogens is 1. The van der Waals surface area contributed by atoms with Crippen molar-refractivity contribution in [2.24, 2.45) is 0 Å². The molecule has 0 fully saturated rings. The molecule has 134 valence electrons. The zero-order valence-corrected chi connectivity index (χ0v) is 15.4. The fourth-order valence-electron chi connectivity index (χ4n) is 2.97. The van der Waals surface area contributed by atoms with Crippen LogP contribution < -0.4 is 4.74 Å². The number of benzene rings is 2. The second-order valence-electron chi connectivity index (χ2n) is 6.23. The van der Waals surface area contributed by atoms with Gasteiger partial charge < -0.3 is 9.47 Å². The van der Waals surface area contributed by atoms with Crippen molar-refractivity contribution >= 4 is 16.9 Å². The molecule has 26 heavy (non-hydrogen) atoms. The first-order valence-electron chi connectivity index (χ1n) is 8.85. The van der Waals surface area contributed by atoms with Gasteiger partial charge >= 0.3 is 5.97 Å². The number of fused-ring (bicyclic) bond motifs is 1. The second-order valence-corrected chi connectivity index (χ2v) is 6.23. The molecule has 0 atom stereocenters. The van der Waals surface area contributed by atoms with Crippen LogP contribution in [0.25, 0.3) is 10.9 Å². The van der Waals surface area contributed by atoms with Gasteiger partial charge in [0.25, 0.3) is 0 Å². The van der Waals surface area contributed by atoms with Gasteiger partial charge in [-0.05, 0) is 44.0 Å². The van der Waals surface area contributed by atoms with Crippen LogP contribution in [-0.4, -0.2) is 24.2 Å². The summed E-state index contributed by atoms with van der Waals surface area (Å²) in [5, 5.41) is 0.979. The van der Waals surface area contributed by atoms with E-state index in [0.29, 0.717) is 18.6 Å². The van der Waals surface area contributed by atoms with E-state index in [1.165, 1.54) is 5.56 Å². The minimum atomic E-state index is -0.342. The van der Waals surface area contributed by atoms with E-state index in [9.17, 15) is 4.79 Å². The van der Waals surface area contributed by atoms with Crippen LogP contribution in [0.15, 0.2) is 48.5 Å². The Bertz CT molecular complexity index is 917. The average Bonchev–Trinajstić information content (AvgIpc) is 2.66. The normalized spacial score (nSPS) is 10.7. The lowest BCUT2D eigenvalue weighted by Gasteiger charge is -2.13. The fourth-order valence-corrected chi connectivity index (χ4v) is 2.97. The third-order valence-electron chi connectivity index (χ3n) is 4.37. The molecule has 0 spiro atoms. The fraction of sp³-hybridized carbons (Fsp3) is 0.273. The van der Waals surface area contributed by atoms with E-state index in [4.69, 9.17) is 9.47 Å². The molecular weight excluding hydrogens is 326 g/mol. The summed E-state index contributed by atoms with van der Waals surface area (Å²) >= 11 is 0. The largest absolute Gasteiger partial charge is 0.490 e. The number of aryl methyl sites for hydroxylation is 3. The molecule has 1 aromatic heterocycles. The van der Waals surface area contributed by atoms with Crippen molar-refractivity contribution in [1.29, 1.82) is 0 Å². The van der Waals surface area contributed by atoms with E-state index in [0.717, 1.165) is 27.9 Å². The summed E-state index contributed by atoms with van der Waals surface area (Å²) in [6.07, 6.45) is 0.677. The molecule has 0 amide bonds. The van der Waals surface area contributed by atoms with Gasteiger partial charge in [0, 0.05) is 5.39 Å². The molecule has 3 rings (SSSR count). The molecule has 0 bridgehead atoms. The van der Waals surface area contributed by atoms with Crippen LogP contribution in [-0.2, 0) is 11.2 Å². The molecule has 0 saturated carbocycles. The Labute approximate surface area is 153 Å². The second kappa shape index (κ2) is 8.00. The predicted molar refractivity (Wildman–Crippen MR) is 103 cm³/mol. The van der Waals surface area contributed by atoms with E-state index in [1.54, 1.807) is 0 Å². The smallest absolute Gasteiger partial charge is 0.340 e. The van der Waals surface area contributed by atoms with Crippen LogP contribution in [0.4, 0.5) is 0 Å². The molecular formula is C22H23NO3. The predicted octanol–water partition coefficient (Wildman–Crippen LogP) is 4.65. The quantitative estimate of drug-likeness (QED) is 0.480. The number of carbonyl (C=O) groups excluding carboxylic acids is 1. The number of para-hydroxylation sites is 1. The lowest BCUT2D eigenvalue weighted by atomic mass is 10.0. The molecule has 0 radical (unpaired) electrons. The molecule has 4 nitrogen and oxygen atoms in total. The van der Waals surface area contributed by atoms with Gasteiger partial charge in [-0.15, -0.1) is 0 Å². The van der Waals surface area contributed by atoms with Crippen molar-refractivity contribution in [2.75, 3.05) is 13.2 Å². The van der Waals surface area contributed by atoms with Crippen molar-refractivity contribution in [3.8, 4) is 5.75 Å². The minimum Gasteiger partial charge on any atom is -0.490 e. The number of hydrogen-bond donors (Lipinski definition) is 0. The number of rotatable bonds is 6. The summed E-state index contributed by atoms with van der Waals surface area (Å²) in [4.78, 5) is 17.3. The molecule has 0 unspecified atom stereocenters. The Morgan fingerprint density at radius 2 is 1.73 bits per heavy atom. The molecule has 2 aromatic carbocycles. The van der Waals surface area contributed by atoms with Crippen LogP contribution in [0, 0.1) is 13.8 Å². The third kappa shape index (κ3) is 3.85. The Hall–Kier alpha value is -2.88. The first-order chi connectivity index (χ1) is 12.6. The monoisotopic (exact) mass is 349 g/mol. The van der Waals surface area contributed by atoms with Gasteiger partial charge in [0.05, 0.1) is 16.8 Å². The van der Waals surface area contributed by atoms with Crippen molar-refractivity contribution in [1.82, 2.24) is 4.98 Å². The Balaban J connectivity index is 1.69. The van der Waals surface area contributed by atoms with Gasteiger partial charge in [0.2, 0.25) is 0 Å². The molecule has 3 aromatic rings. The first-order valence-corrected chi connectivity index (χ1v) is 8.85. The number of esters is 1. The van der Waals surface area contributed by atoms with Gasteiger partial charge in [-0.1, -0.05) is 42.8 Å². The summed E-state index contributed by atoms with van der Waals surface area (Å²) < 4.78 is 11.1. The van der Waals surface area contributed by atoms with Crippen LogP contribution in [0.2, 0.25) is 0 Å². The Kier molecular flexibility index (Phi) is 5.52. The summed E-state index contributed by atoms with van der Waals surface area (Å²) in [5.74, 6) is 0.426. The van der Waals surface area contributed by atoms with Gasteiger partial charge in [0.15, 0.2) is 0 Å². The number of ether oxygens (including phenoxy) is 2. The highest BCUT2D eigenvalue weighted by molar-refractivity contribution is 5.98. The first kappa shape index (κ1) is 17.9. The molecule has 0 aliphatic heterocycles. The van der Waals surface area contributed by atoms with Gasteiger partial charge in [-0.3, -0.25) is 4.98 Å². The summed E-state index contributed by atoms with van der Waals surface area (Å²) in [7, 11) is 0. The maximum absolute atomic E-state index is 12.6. The van der Waals surface area contributed by atoms with Crippen molar-refractivity contribution < 1.29 is 14.3 Å². The van der Waals surface area contributed by atoms with Crippen LogP contribution in [0.1, 0.15) is 34.1 Å². The Morgan fingerprint density at radius 1 is 1.00 bits per heavy atom. The zero-order valence-electron chi connectivity index (χ0n) is 15.4. The highest BCUT2D eigenvalue weighted by Crippen LogP contribution is 2.24. The lowest BCUT2D eigenvalue weighted by molar-refractivity contribution is 0.0448. The van der Waals surface area contributed by atoms with Crippen LogP contribution in [0.5, 0.6) is 5.75 Å². The average molecular weight is 349 g/mol. The molecule has 0 N–H and O–H groups in total. The summed E-state index contributed by atoms with van der Waals surface area (Å²) in [5.41, 5.74) is 4.33. The van der Waals surface area contributed by atoms with Gasteiger partial charge in [0.1, 0.15) is 19.0 Å². The van der Waals surface area contributed by atoms with Gasteiger partial charge in [-0.2, -0.15) is 0 Å². The van der Waals surface area contributed by atoms with E-state index >= 15 is 0 Å². The summed E-state index contributed by atoms with van der Waals surface area (Å²) in [6.45, 7) is 6.48. The lowest BCUT2D eigenvalue weighted by Crippen LogP contribution is -2.16. The number of pyridine rings is 1. The van der Waals surface area contributed by atoms with E-state index < -0.39 is 0 Å². The molecule has 0 saturated heterocycles. The molecule has 4 heteroatoms. The standard InChI is InChI=1S/C22H23NO3/c1-4-19-21(16(3)18-7-5-6-8-20(18)23-19)22(24)26-14-13-25-17-11-9-15(2)10-12-17/h5-12H,4,13-14H2,1-3H3. The number of hydrogen-bond acceptors (Lipinski definition) is 4. The van der Waals surface area contributed by atoms with Crippen LogP contribution >= 0.6 is 0 Å². The van der Waals surface area contributed by atoms with Gasteiger partial charge in [-0.25, -0.2) is 4.79 Å². The SMILES string of the molecule is CCc1nc2ccccc2c(C)c1C(=O)OCCOc1ccc(C)cc1. The van der Waals surface area contributed by atoms with Crippen molar-refractivity contribution in [3.05, 3.63) is 70.9 Å². The zero-order chi connectivity index (χ0) is 18.5. The maximum Gasteiger partial charge on any atom is 0.340 e. The van der Waals surface area contributed by atoms with E-state index in [-0.39, 0.29) is 12.6 Å². The maximum atomic E-state index is 12.6. The highest BCUT2D eigenvalue weighted by Gasteiger charge is 2.19. The molecule has 0 aliphatic rings. The minimum absolute atomic E-state index is 0.197. The number of carbonyl (C=O) groups is 1. The number of nitrogens with zero attached hydrogens (tertiary/aromatic N) is 1. The van der Waals surface area contributed by atoms with Crippen molar-refractivity contribution in [3.63, 3.8) is 0 Å². The highest BCUT2D eigenvalue weighted by atomic mass is 16.6. The van der Waals surface area contributed by atoms with E-state index in [2.05, 4.69) is 4.98 Å². The van der Waals surface area contributed by atoms with Crippen LogP contribution in [0.3, 0.4) is 0 Å². The molecule has 0 aliphatic carbocycles. The van der Waals surface area contributed by atoms with Crippen molar-refractivity contribution in [2.45, 2.75) is 27.2 Å². The Morgan fingerprint density at radius 3 is 2.46 bits per heavy atom. The van der Waals surface area contributed by atoms with E-state index in [1.807, 2.05) is 69.3 Å². The molecule has 1 heterocycles.